The molecule has 1 aliphatic rings. The van der Waals surface area contributed by atoms with E-state index in [9.17, 15) is 14.4 Å². The molecule has 42 heavy (non-hydrogen) atoms. The van der Waals surface area contributed by atoms with Crippen molar-refractivity contribution in [1.82, 2.24) is 19.8 Å². The Labute approximate surface area is 248 Å². The van der Waals surface area contributed by atoms with E-state index in [1.165, 1.54) is 38.4 Å². The first-order chi connectivity index (χ1) is 20.2. The molecule has 0 unspecified atom stereocenters. The lowest BCUT2D eigenvalue weighted by molar-refractivity contribution is -0.124. The number of Topliss-reactive ketones (excluding diaryl/α,β-unsaturated/α-hetero) is 1. The molecule has 2 amide bonds. The van der Waals surface area contributed by atoms with Crippen molar-refractivity contribution in [2.75, 3.05) is 70.0 Å². The number of nitrogens with zero attached hydrogens (tertiary/aromatic N) is 4. The van der Waals surface area contributed by atoms with Crippen LogP contribution in [0.3, 0.4) is 0 Å². The fourth-order valence-electron chi connectivity index (χ4n) is 4.03. The normalized spacial score (nSPS) is 13.4. The van der Waals surface area contributed by atoms with Gasteiger partial charge < -0.3 is 30.3 Å². The number of morpholine rings is 1. The topological polar surface area (TPSA) is 138 Å². The molecule has 0 bridgehead atoms. The van der Waals surface area contributed by atoms with E-state index in [-0.39, 0.29) is 28.3 Å². The van der Waals surface area contributed by atoms with Crippen LogP contribution in [0.4, 0.5) is 28.8 Å². The molecule has 1 saturated heterocycles. The summed E-state index contributed by atoms with van der Waals surface area (Å²) < 4.78 is 10.8. The predicted molar refractivity (Wildman–Crippen MR) is 161 cm³/mol. The number of ether oxygens (including phenoxy) is 2. The zero-order valence-electron chi connectivity index (χ0n) is 23.5. The highest BCUT2D eigenvalue weighted by Crippen LogP contribution is 2.32. The van der Waals surface area contributed by atoms with E-state index in [2.05, 4.69) is 30.8 Å². The van der Waals surface area contributed by atoms with E-state index in [4.69, 9.17) is 21.1 Å². The van der Waals surface area contributed by atoms with Gasteiger partial charge in [0.05, 0.1) is 43.5 Å². The number of hydrogen-bond donors (Lipinski definition) is 3. The summed E-state index contributed by atoms with van der Waals surface area (Å²) in [5.41, 5.74) is 1.55. The van der Waals surface area contributed by atoms with Gasteiger partial charge in [0, 0.05) is 45.5 Å². The molecule has 3 aromatic rings. The first kappa shape index (κ1) is 30.4. The van der Waals surface area contributed by atoms with Crippen LogP contribution in [0.15, 0.2) is 60.8 Å². The molecule has 0 spiro atoms. The number of rotatable bonds is 11. The molecule has 0 aliphatic carbocycles. The summed E-state index contributed by atoms with van der Waals surface area (Å²) in [5, 5.41) is 9.15. The number of amides is 2. The second-order valence-electron chi connectivity index (χ2n) is 9.43. The Morgan fingerprint density at radius 2 is 1.86 bits per heavy atom. The average molecular weight is 594 g/mol. The molecule has 12 nitrogen and oxygen atoms in total. The Kier molecular flexibility index (Phi) is 10.4. The maximum absolute atomic E-state index is 12.7. The van der Waals surface area contributed by atoms with E-state index >= 15 is 0 Å². The van der Waals surface area contributed by atoms with Crippen LogP contribution in [0.5, 0.6) is 5.75 Å². The molecular formula is C29H32ClN7O5. The average Bonchev–Trinajstić information content (AvgIpc) is 2.99. The van der Waals surface area contributed by atoms with Crippen LogP contribution in [0.25, 0.3) is 0 Å². The van der Waals surface area contributed by atoms with Crippen molar-refractivity contribution in [2.24, 2.45) is 0 Å². The molecule has 3 N–H and O–H groups in total. The van der Waals surface area contributed by atoms with Crippen LogP contribution in [0.2, 0.25) is 5.02 Å². The van der Waals surface area contributed by atoms with E-state index < -0.39 is 11.7 Å². The summed E-state index contributed by atoms with van der Waals surface area (Å²) in [6.45, 7) is 3.73. The number of carbonyl (C=O) groups excluding carboxylic acids is 3. The molecule has 2 heterocycles. The summed E-state index contributed by atoms with van der Waals surface area (Å²) in [5.74, 6) is -0.738. The van der Waals surface area contributed by atoms with Crippen molar-refractivity contribution in [3.05, 3.63) is 71.4 Å². The van der Waals surface area contributed by atoms with Crippen molar-refractivity contribution >= 4 is 58.0 Å². The zero-order chi connectivity index (χ0) is 30.1. The highest BCUT2D eigenvalue weighted by Gasteiger charge is 2.22. The van der Waals surface area contributed by atoms with Gasteiger partial charge in [-0.3, -0.25) is 19.3 Å². The number of para-hydroxylation sites is 1. The Morgan fingerprint density at radius 3 is 2.60 bits per heavy atom. The largest absolute Gasteiger partial charge is 0.495 e. The third kappa shape index (κ3) is 8.03. The molecule has 0 radical (unpaired) electrons. The van der Waals surface area contributed by atoms with Crippen LogP contribution in [0.1, 0.15) is 10.4 Å². The number of carbonyl (C=O) groups is 3. The summed E-state index contributed by atoms with van der Waals surface area (Å²) in [4.78, 5) is 49.6. The number of benzene rings is 2. The Morgan fingerprint density at radius 1 is 1.10 bits per heavy atom. The predicted octanol–water partition coefficient (Wildman–Crippen LogP) is 3.72. The van der Waals surface area contributed by atoms with Gasteiger partial charge >= 0.3 is 0 Å². The first-order valence-corrected chi connectivity index (χ1v) is 13.5. The van der Waals surface area contributed by atoms with E-state index in [1.807, 2.05) is 6.08 Å². The van der Waals surface area contributed by atoms with Crippen LogP contribution >= 0.6 is 11.6 Å². The fraction of sp³-hybridized carbons (Fsp3) is 0.276. The van der Waals surface area contributed by atoms with Crippen molar-refractivity contribution in [3.8, 4) is 5.75 Å². The second-order valence-corrected chi connectivity index (χ2v) is 9.84. The van der Waals surface area contributed by atoms with Gasteiger partial charge in [0.1, 0.15) is 10.8 Å². The summed E-state index contributed by atoms with van der Waals surface area (Å²) >= 11 is 6.36. The summed E-state index contributed by atoms with van der Waals surface area (Å²) in [7, 11) is 4.53. The number of nitrogens with one attached hydrogen (secondary N) is 3. The SMILES string of the molecule is COc1ccc(NC(=O)C=CCN2CCOCC2)cc1Nc1ncc(Cl)c(Nc2ccccc2C(=O)C(=O)N(C)C)n1. The van der Waals surface area contributed by atoms with Crippen LogP contribution < -0.4 is 20.7 Å². The van der Waals surface area contributed by atoms with Crippen molar-refractivity contribution < 1.29 is 23.9 Å². The maximum Gasteiger partial charge on any atom is 0.294 e. The molecule has 4 rings (SSSR count). The Hall–Kier alpha value is -4.52. The van der Waals surface area contributed by atoms with E-state index in [1.54, 1.807) is 42.5 Å². The van der Waals surface area contributed by atoms with Gasteiger partial charge in [0.2, 0.25) is 11.9 Å². The lowest BCUT2D eigenvalue weighted by atomic mass is 10.1. The highest BCUT2D eigenvalue weighted by molar-refractivity contribution is 6.43. The highest BCUT2D eigenvalue weighted by atomic mass is 35.5. The minimum absolute atomic E-state index is 0.169. The molecule has 1 aromatic heterocycles. The van der Waals surface area contributed by atoms with Crippen LogP contribution in [-0.4, -0.2) is 91.4 Å². The van der Waals surface area contributed by atoms with Gasteiger partial charge in [-0.15, -0.1) is 0 Å². The van der Waals surface area contributed by atoms with E-state index in [0.29, 0.717) is 42.6 Å². The minimum atomic E-state index is -0.675. The first-order valence-electron chi connectivity index (χ1n) is 13.1. The summed E-state index contributed by atoms with van der Waals surface area (Å²) in [6.07, 6.45) is 4.72. The molecule has 13 heteroatoms. The van der Waals surface area contributed by atoms with Gasteiger partial charge in [0.25, 0.3) is 11.7 Å². The molecule has 2 aromatic carbocycles. The quantitative estimate of drug-likeness (QED) is 0.171. The fourth-order valence-corrected chi connectivity index (χ4v) is 4.17. The summed E-state index contributed by atoms with van der Waals surface area (Å²) in [6, 6.07) is 11.7. The van der Waals surface area contributed by atoms with Gasteiger partial charge in [-0.1, -0.05) is 29.8 Å². The molecule has 220 valence electrons. The number of methoxy groups -OCH3 is 1. The second kappa shape index (κ2) is 14.4. The van der Waals surface area contributed by atoms with Crippen molar-refractivity contribution in [3.63, 3.8) is 0 Å². The molecule has 0 saturated carbocycles. The number of aromatic nitrogens is 2. The number of ketones is 1. The van der Waals surface area contributed by atoms with Crippen LogP contribution in [-0.2, 0) is 14.3 Å². The van der Waals surface area contributed by atoms with Gasteiger partial charge in [-0.05, 0) is 30.3 Å². The zero-order valence-corrected chi connectivity index (χ0v) is 24.3. The minimum Gasteiger partial charge on any atom is -0.495 e. The lowest BCUT2D eigenvalue weighted by Gasteiger charge is -2.25. The monoisotopic (exact) mass is 593 g/mol. The van der Waals surface area contributed by atoms with E-state index in [0.717, 1.165) is 13.1 Å². The maximum atomic E-state index is 12.7. The van der Waals surface area contributed by atoms with Crippen LogP contribution in [0, 0.1) is 0 Å². The standard InChI is InChI=1S/C29H32ClN7O5/c1-36(2)28(40)26(39)20-7-4-5-8-22(20)33-27-21(30)18-31-29(35-27)34-23-17-19(10-11-24(23)41-3)32-25(38)9-6-12-37-13-15-42-16-14-37/h4-11,17-18H,12-16H2,1-3H3,(H,32,38)(H2,31,33,34,35). The van der Waals surface area contributed by atoms with Gasteiger partial charge in [-0.25, -0.2) is 4.98 Å². The third-order valence-electron chi connectivity index (χ3n) is 6.22. The number of anilines is 5. The number of hydrogen-bond acceptors (Lipinski definition) is 10. The number of halogens is 1. The number of likely N-dealkylation sites (N-methyl/N-ethyl adjacent to an activating group) is 1. The molecule has 0 atom stereocenters. The molecule has 1 fully saturated rings. The Bertz CT molecular complexity index is 1470. The van der Waals surface area contributed by atoms with Crippen molar-refractivity contribution in [1.29, 1.82) is 0 Å². The van der Waals surface area contributed by atoms with Gasteiger partial charge in [-0.2, -0.15) is 4.98 Å². The third-order valence-corrected chi connectivity index (χ3v) is 6.50. The smallest absolute Gasteiger partial charge is 0.294 e. The molecule has 1 aliphatic heterocycles. The Balaban J connectivity index is 1.49. The molecular weight excluding hydrogens is 562 g/mol. The van der Waals surface area contributed by atoms with Gasteiger partial charge in [0.15, 0.2) is 5.82 Å². The van der Waals surface area contributed by atoms with Crippen molar-refractivity contribution in [2.45, 2.75) is 0 Å². The lowest BCUT2D eigenvalue weighted by Crippen LogP contribution is -2.36.